The van der Waals surface area contributed by atoms with Crippen LogP contribution in [-0.4, -0.2) is 13.4 Å². The minimum atomic E-state index is 0.00635. The Morgan fingerprint density at radius 3 is 0.946 bits per heavy atom. The molecule has 0 N–H and O–H groups in total. The minimum Gasteiger partial charge on any atom is -0.311 e. The van der Waals surface area contributed by atoms with E-state index in [2.05, 4.69) is 287 Å². The number of fused-ring (bicyclic) bond motifs is 8. The van der Waals surface area contributed by atoms with Gasteiger partial charge in [0, 0.05) is 87.8 Å². The third-order valence-electron chi connectivity index (χ3n) is 15.1. The van der Waals surface area contributed by atoms with E-state index in [0.29, 0.717) is 0 Å². The van der Waals surface area contributed by atoms with Gasteiger partial charge in [-0.1, -0.05) is 186 Å². The predicted molar refractivity (Wildman–Crippen MR) is 316 cm³/mol. The highest BCUT2D eigenvalue weighted by molar-refractivity contribution is 8.01. The molecule has 0 amide bonds. The summed E-state index contributed by atoms with van der Waals surface area (Å²) in [5.41, 5.74) is 21.9. The molecule has 11 aromatic carbocycles. The molecule has 0 radical (unpaired) electrons. The topological polar surface area (TPSA) is 13.0 Å². The van der Waals surface area contributed by atoms with Crippen molar-refractivity contribution in [3.63, 3.8) is 0 Å². The van der Waals surface area contributed by atoms with E-state index >= 15 is 0 Å². The predicted octanol–water partition coefficient (Wildman–Crippen LogP) is 14.2. The molecule has 0 fully saturated rings. The van der Waals surface area contributed by atoms with Gasteiger partial charge in [-0.05, 0) is 137 Å². The van der Waals surface area contributed by atoms with Crippen molar-refractivity contribution in [3.8, 4) is 0 Å². The zero-order valence-corrected chi connectivity index (χ0v) is 41.8. The van der Waals surface area contributed by atoms with Crippen molar-refractivity contribution in [1.82, 2.24) is 0 Å². The van der Waals surface area contributed by atoms with Gasteiger partial charge >= 0.3 is 0 Å². The van der Waals surface area contributed by atoms with Crippen molar-refractivity contribution in [3.05, 3.63) is 267 Å². The number of rotatable bonds is 8. The van der Waals surface area contributed by atoms with Gasteiger partial charge in [-0.3, -0.25) is 0 Å². The lowest BCUT2D eigenvalue weighted by Crippen LogP contribution is -2.63. The van der Waals surface area contributed by atoms with Crippen LogP contribution in [0.2, 0.25) is 0 Å². The van der Waals surface area contributed by atoms with E-state index < -0.39 is 0 Å². The van der Waals surface area contributed by atoms with Crippen LogP contribution >= 0.6 is 23.5 Å². The van der Waals surface area contributed by atoms with E-state index in [1.807, 2.05) is 23.5 Å². The fourth-order valence-electron chi connectivity index (χ4n) is 12.0. The fourth-order valence-corrected chi connectivity index (χ4v) is 14.5. The Labute approximate surface area is 441 Å². The van der Waals surface area contributed by atoms with Gasteiger partial charge in [0.15, 0.2) is 0 Å². The quantitative estimate of drug-likeness (QED) is 0.140. The molecule has 4 aliphatic heterocycles. The van der Waals surface area contributed by atoms with Crippen molar-refractivity contribution < 1.29 is 0 Å². The van der Waals surface area contributed by atoms with Crippen LogP contribution in [0.1, 0.15) is 0 Å². The largest absolute Gasteiger partial charge is 0.311 e. The SMILES string of the molecule is c1ccc(N(c2ccccc2)c2cc3c4c(c2)N(c2ccccc2)c2ccccc2B4c2cc4c(cc2S3)Sc2cc(N(c3ccccc3)c3ccccc3)cc3c2B4c2ccccc2N3c2ccccc2)cc1. The van der Waals surface area contributed by atoms with Crippen molar-refractivity contribution >= 4 is 138 Å². The van der Waals surface area contributed by atoms with E-state index in [1.54, 1.807) is 0 Å². The Kier molecular flexibility index (Phi) is 10.2. The summed E-state index contributed by atoms with van der Waals surface area (Å²) in [4.78, 5) is 15.0. The first kappa shape index (κ1) is 43.1. The molecule has 4 aliphatic rings. The molecule has 0 spiro atoms. The Morgan fingerprint density at radius 2 is 0.581 bits per heavy atom. The lowest BCUT2D eigenvalue weighted by Gasteiger charge is -2.43. The monoisotopic (exact) mass is 978 g/mol. The fraction of sp³-hybridized carbons (Fsp3) is 0. The Hall–Kier alpha value is -8.55. The Bertz CT molecular complexity index is 3610. The van der Waals surface area contributed by atoms with Gasteiger partial charge < -0.3 is 19.6 Å². The molecule has 0 bridgehead atoms. The molecule has 8 heteroatoms. The zero-order valence-electron chi connectivity index (χ0n) is 40.2. The molecule has 0 saturated heterocycles. The number of para-hydroxylation sites is 8. The lowest BCUT2D eigenvalue weighted by molar-refractivity contribution is 1.22. The van der Waals surface area contributed by atoms with Crippen LogP contribution in [0.3, 0.4) is 0 Å². The van der Waals surface area contributed by atoms with Gasteiger partial charge in [-0.25, -0.2) is 0 Å². The van der Waals surface area contributed by atoms with Crippen LogP contribution in [0, 0.1) is 0 Å². The summed E-state index contributed by atoms with van der Waals surface area (Å²) in [6.45, 7) is 0.0127. The summed E-state index contributed by atoms with van der Waals surface area (Å²) in [6, 6.07) is 98.3. The lowest BCUT2D eigenvalue weighted by atomic mass is 9.32. The molecule has 346 valence electrons. The second kappa shape index (κ2) is 17.6. The maximum Gasteiger partial charge on any atom is 0.249 e. The molecule has 0 aliphatic carbocycles. The summed E-state index contributed by atoms with van der Waals surface area (Å²) in [5.74, 6) is 0. The highest BCUT2D eigenvalue weighted by Crippen LogP contribution is 2.49. The normalized spacial score (nSPS) is 13.2. The van der Waals surface area contributed by atoms with Gasteiger partial charge in [0.25, 0.3) is 0 Å². The van der Waals surface area contributed by atoms with Crippen LogP contribution in [0.4, 0.5) is 68.2 Å². The van der Waals surface area contributed by atoms with Crippen LogP contribution in [0.15, 0.2) is 287 Å². The molecule has 74 heavy (non-hydrogen) atoms. The summed E-state index contributed by atoms with van der Waals surface area (Å²) < 4.78 is 0. The molecule has 0 aromatic heterocycles. The first-order valence-corrected chi connectivity index (χ1v) is 26.9. The average Bonchev–Trinajstić information content (AvgIpc) is 3.46. The zero-order chi connectivity index (χ0) is 48.7. The van der Waals surface area contributed by atoms with Crippen LogP contribution in [0.5, 0.6) is 0 Å². The molecule has 0 atom stereocenters. The summed E-state index contributed by atoms with van der Waals surface area (Å²) in [5, 5.41) is 0. The van der Waals surface area contributed by atoms with Crippen molar-refractivity contribution in [1.29, 1.82) is 0 Å². The summed E-state index contributed by atoms with van der Waals surface area (Å²) in [7, 11) is 0. The highest BCUT2D eigenvalue weighted by Gasteiger charge is 2.46. The smallest absolute Gasteiger partial charge is 0.249 e. The second-order valence-corrected chi connectivity index (χ2v) is 21.4. The van der Waals surface area contributed by atoms with Crippen molar-refractivity contribution in [2.45, 2.75) is 19.6 Å². The molecule has 4 nitrogen and oxygen atoms in total. The molecular formula is C66H44B2N4S2. The Balaban J connectivity index is 0.968. The average molecular weight is 979 g/mol. The molecule has 0 saturated carbocycles. The molecule has 0 unspecified atom stereocenters. The standard InChI is InChI=1S/C66H44B2N4S2/c1-7-23-45(24-8-1)69(46-25-9-2-10-26-46)51-39-59-65-63(41-51)73-61-44-62-56(43-55(61)67(65)53-35-19-21-37-57(53)71(59)49-31-15-5-16-32-49)68-54-36-20-22-38-58(54)72(50-33-17-6-18-34-50)60-40-52(42-64(74-62)66(60)68)70(47-27-11-3-12-28-47)48-29-13-4-14-30-48/h1-44H. The maximum absolute atomic E-state index is 2.62. The van der Waals surface area contributed by atoms with Gasteiger partial charge in [0.05, 0.1) is 0 Å². The summed E-state index contributed by atoms with van der Waals surface area (Å²) >= 11 is 3.85. The van der Waals surface area contributed by atoms with E-state index in [4.69, 9.17) is 0 Å². The third-order valence-corrected chi connectivity index (χ3v) is 17.3. The Morgan fingerprint density at radius 1 is 0.257 bits per heavy atom. The number of anilines is 12. The molecule has 15 rings (SSSR count). The molecular weight excluding hydrogens is 935 g/mol. The first-order chi connectivity index (χ1) is 36.7. The van der Waals surface area contributed by atoms with Crippen LogP contribution in [0.25, 0.3) is 0 Å². The van der Waals surface area contributed by atoms with Crippen molar-refractivity contribution in [2.24, 2.45) is 0 Å². The van der Waals surface area contributed by atoms with Gasteiger partial charge in [0.1, 0.15) is 0 Å². The second-order valence-electron chi connectivity index (χ2n) is 19.2. The van der Waals surface area contributed by atoms with E-state index in [9.17, 15) is 0 Å². The van der Waals surface area contributed by atoms with Crippen molar-refractivity contribution in [2.75, 3.05) is 19.6 Å². The number of nitrogens with zero attached hydrogens (tertiary/aromatic N) is 4. The highest BCUT2D eigenvalue weighted by atomic mass is 32.2. The van der Waals surface area contributed by atoms with E-state index in [-0.39, 0.29) is 13.4 Å². The van der Waals surface area contributed by atoms with Crippen LogP contribution in [-0.2, 0) is 0 Å². The van der Waals surface area contributed by atoms with Crippen LogP contribution < -0.4 is 52.4 Å². The number of benzene rings is 11. The van der Waals surface area contributed by atoms with Gasteiger partial charge in [-0.15, -0.1) is 0 Å². The maximum atomic E-state index is 2.62. The first-order valence-electron chi connectivity index (χ1n) is 25.3. The third kappa shape index (κ3) is 6.89. The van der Waals surface area contributed by atoms with Gasteiger partial charge in [-0.2, -0.15) is 0 Å². The van der Waals surface area contributed by atoms with E-state index in [0.717, 1.165) is 45.5 Å². The molecule has 4 heterocycles. The minimum absolute atomic E-state index is 0.00635. The van der Waals surface area contributed by atoms with E-state index in [1.165, 1.54) is 75.1 Å². The van der Waals surface area contributed by atoms with Gasteiger partial charge in [0.2, 0.25) is 13.4 Å². The molecule has 11 aromatic rings. The summed E-state index contributed by atoms with van der Waals surface area (Å²) in [6.07, 6.45) is 0. The number of hydrogen-bond acceptors (Lipinski definition) is 6. The number of hydrogen-bond donors (Lipinski definition) is 0.